The van der Waals surface area contributed by atoms with Crippen molar-refractivity contribution in [3.8, 4) is 11.1 Å². The van der Waals surface area contributed by atoms with Gasteiger partial charge in [-0.2, -0.15) is 0 Å². The molecule has 2 rings (SSSR count). The largest absolute Gasteiger partial charge is 0.469 e. The van der Waals surface area contributed by atoms with E-state index in [1.54, 1.807) is 0 Å². The first-order valence-corrected chi connectivity index (χ1v) is 6.43. The lowest BCUT2D eigenvalue weighted by molar-refractivity contribution is -0.140. The van der Waals surface area contributed by atoms with E-state index in [0.29, 0.717) is 6.42 Å². The molecule has 2 heteroatoms. The van der Waals surface area contributed by atoms with Gasteiger partial charge in [0.1, 0.15) is 0 Å². The minimum absolute atomic E-state index is 0.167. The summed E-state index contributed by atoms with van der Waals surface area (Å²) in [6, 6.07) is 18.6. The zero-order chi connectivity index (χ0) is 13.7. The Morgan fingerprint density at radius 3 is 2.16 bits per heavy atom. The van der Waals surface area contributed by atoms with Gasteiger partial charge in [-0.1, -0.05) is 61.5 Å². The summed E-state index contributed by atoms with van der Waals surface area (Å²) >= 11 is 0. The molecule has 0 fully saturated rings. The first-order chi connectivity index (χ1) is 9.20. The van der Waals surface area contributed by atoms with E-state index in [0.717, 1.165) is 5.56 Å². The number of hydrogen-bond donors (Lipinski definition) is 0. The van der Waals surface area contributed by atoms with Gasteiger partial charge in [-0.15, -0.1) is 0 Å². The van der Waals surface area contributed by atoms with Crippen LogP contribution in [0.3, 0.4) is 0 Å². The molecule has 0 aliphatic heterocycles. The maximum Gasteiger partial charge on any atom is 0.306 e. The molecule has 0 radical (unpaired) electrons. The normalized spacial score (nSPS) is 11.9. The number of carbonyl (C=O) groups is 1. The maximum atomic E-state index is 11.3. The van der Waals surface area contributed by atoms with Crippen LogP contribution in [0.15, 0.2) is 54.6 Å². The summed E-state index contributed by atoms with van der Waals surface area (Å²) in [7, 11) is 1.42. The van der Waals surface area contributed by atoms with Crippen LogP contribution in [0.1, 0.15) is 24.8 Å². The lowest BCUT2D eigenvalue weighted by atomic mass is 9.95. The number of rotatable bonds is 4. The maximum absolute atomic E-state index is 11.3. The first-order valence-electron chi connectivity index (χ1n) is 6.43. The molecule has 2 aromatic carbocycles. The second-order valence-corrected chi connectivity index (χ2v) is 4.67. The monoisotopic (exact) mass is 254 g/mol. The second kappa shape index (κ2) is 6.19. The predicted octanol–water partition coefficient (Wildman–Crippen LogP) is 4.02. The molecule has 0 saturated carbocycles. The molecule has 0 saturated heterocycles. The number of methoxy groups -OCH3 is 1. The second-order valence-electron chi connectivity index (χ2n) is 4.67. The zero-order valence-electron chi connectivity index (χ0n) is 11.3. The van der Waals surface area contributed by atoms with Crippen LogP contribution in [0.5, 0.6) is 0 Å². The number of benzene rings is 2. The molecule has 0 N–H and O–H groups in total. The van der Waals surface area contributed by atoms with Gasteiger partial charge in [-0.3, -0.25) is 4.79 Å². The zero-order valence-corrected chi connectivity index (χ0v) is 11.3. The van der Waals surface area contributed by atoms with Gasteiger partial charge in [0.15, 0.2) is 0 Å². The first kappa shape index (κ1) is 13.3. The smallest absolute Gasteiger partial charge is 0.306 e. The minimum atomic E-state index is -0.167. The van der Waals surface area contributed by atoms with Gasteiger partial charge in [-0.05, 0) is 22.6 Å². The average molecular weight is 254 g/mol. The summed E-state index contributed by atoms with van der Waals surface area (Å²) in [6.07, 6.45) is 0.418. The van der Waals surface area contributed by atoms with E-state index >= 15 is 0 Å². The summed E-state index contributed by atoms with van der Waals surface area (Å²) in [5.41, 5.74) is 3.55. The van der Waals surface area contributed by atoms with Crippen molar-refractivity contribution in [3.63, 3.8) is 0 Å². The molecule has 0 aliphatic carbocycles. The number of carbonyl (C=O) groups excluding carboxylic acids is 1. The predicted molar refractivity (Wildman–Crippen MR) is 76.9 cm³/mol. The van der Waals surface area contributed by atoms with Crippen molar-refractivity contribution >= 4 is 5.97 Å². The van der Waals surface area contributed by atoms with Crippen molar-refractivity contribution < 1.29 is 9.53 Å². The van der Waals surface area contributed by atoms with E-state index < -0.39 is 0 Å². The van der Waals surface area contributed by atoms with Crippen molar-refractivity contribution in [2.75, 3.05) is 7.11 Å². The lowest BCUT2D eigenvalue weighted by Gasteiger charge is -2.11. The lowest BCUT2D eigenvalue weighted by Crippen LogP contribution is -2.05. The molecular weight excluding hydrogens is 236 g/mol. The molecule has 1 unspecified atom stereocenters. The van der Waals surface area contributed by atoms with Gasteiger partial charge in [0.05, 0.1) is 13.5 Å². The average Bonchev–Trinajstić information content (AvgIpc) is 2.48. The van der Waals surface area contributed by atoms with Gasteiger partial charge in [0, 0.05) is 0 Å². The Hall–Kier alpha value is -2.09. The fourth-order valence-electron chi connectivity index (χ4n) is 2.09. The minimum Gasteiger partial charge on any atom is -0.469 e. The SMILES string of the molecule is COC(=O)CC(C)c1ccc(-c2ccccc2)cc1. The molecule has 0 bridgehead atoms. The van der Waals surface area contributed by atoms with Gasteiger partial charge >= 0.3 is 5.97 Å². The van der Waals surface area contributed by atoms with Crippen molar-refractivity contribution in [1.29, 1.82) is 0 Å². The molecule has 0 aliphatic rings. The molecule has 0 heterocycles. The molecule has 98 valence electrons. The Morgan fingerprint density at radius 1 is 1.00 bits per heavy atom. The van der Waals surface area contributed by atoms with Crippen molar-refractivity contribution in [3.05, 3.63) is 60.2 Å². The standard InChI is InChI=1S/C17H18O2/c1-13(12-17(18)19-2)14-8-10-16(11-9-14)15-6-4-3-5-7-15/h3-11,13H,12H2,1-2H3. The molecular formula is C17H18O2. The summed E-state index contributed by atoms with van der Waals surface area (Å²) in [5.74, 6) is 0.0110. The van der Waals surface area contributed by atoms with Crippen LogP contribution >= 0.6 is 0 Å². The fraction of sp³-hybridized carbons (Fsp3) is 0.235. The Labute approximate surface area is 114 Å². The van der Waals surface area contributed by atoms with Crippen molar-refractivity contribution in [1.82, 2.24) is 0 Å². The molecule has 2 aromatic rings. The summed E-state index contributed by atoms with van der Waals surface area (Å²) < 4.78 is 4.70. The van der Waals surface area contributed by atoms with Gasteiger partial charge in [-0.25, -0.2) is 0 Å². The van der Waals surface area contributed by atoms with E-state index in [1.807, 2.05) is 25.1 Å². The van der Waals surface area contributed by atoms with E-state index in [9.17, 15) is 4.79 Å². The number of esters is 1. The van der Waals surface area contributed by atoms with Gasteiger partial charge in [0.25, 0.3) is 0 Å². The van der Waals surface area contributed by atoms with Crippen molar-refractivity contribution in [2.24, 2.45) is 0 Å². The highest BCUT2D eigenvalue weighted by Gasteiger charge is 2.11. The van der Waals surface area contributed by atoms with Crippen LogP contribution in [0.4, 0.5) is 0 Å². The highest BCUT2D eigenvalue weighted by Crippen LogP contribution is 2.24. The van der Waals surface area contributed by atoms with Crippen LogP contribution in [-0.2, 0) is 9.53 Å². The van der Waals surface area contributed by atoms with Crippen LogP contribution in [0.2, 0.25) is 0 Å². The van der Waals surface area contributed by atoms with Crippen LogP contribution < -0.4 is 0 Å². The highest BCUT2D eigenvalue weighted by atomic mass is 16.5. The molecule has 0 spiro atoms. The number of ether oxygens (including phenoxy) is 1. The van der Waals surface area contributed by atoms with Gasteiger partial charge in [0.2, 0.25) is 0 Å². The fourth-order valence-corrected chi connectivity index (χ4v) is 2.09. The van der Waals surface area contributed by atoms with Crippen LogP contribution in [0, 0.1) is 0 Å². The Bertz CT molecular complexity index is 529. The highest BCUT2D eigenvalue weighted by molar-refractivity contribution is 5.70. The third-order valence-electron chi connectivity index (χ3n) is 3.29. The van der Waals surface area contributed by atoms with E-state index in [1.165, 1.54) is 18.2 Å². The van der Waals surface area contributed by atoms with Crippen molar-refractivity contribution in [2.45, 2.75) is 19.3 Å². The van der Waals surface area contributed by atoms with Crippen LogP contribution in [-0.4, -0.2) is 13.1 Å². The van der Waals surface area contributed by atoms with E-state index in [4.69, 9.17) is 4.74 Å². The molecule has 1 atom stereocenters. The topological polar surface area (TPSA) is 26.3 Å². The number of hydrogen-bond acceptors (Lipinski definition) is 2. The van der Waals surface area contributed by atoms with Gasteiger partial charge < -0.3 is 4.74 Å². The summed E-state index contributed by atoms with van der Waals surface area (Å²) in [4.78, 5) is 11.3. The third-order valence-corrected chi connectivity index (χ3v) is 3.29. The third kappa shape index (κ3) is 3.44. The van der Waals surface area contributed by atoms with Crippen LogP contribution in [0.25, 0.3) is 11.1 Å². The van der Waals surface area contributed by atoms with E-state index in [-0.39, 0.29) is 11.9 Å². The quantitative estimate of drug-likeness (QED) is 0.770. The Kier molecular flexibility index (Phi) is 4.35. The molecule has 0 aromatic heterocycles. The molecule has 0 amide bonds. The molecule has 19 heavy (non-hydrogen) atoms. The summed E-state index contributed by atoms with van der Waals surface area (Å²) in [6.45, 7) is 2.04. The Balaban J connectivity index is 2.12. The molecule has 2 nitrogen and oxygen atoms in total. The summed E-state index contributed by atoms with van der Waals surface area (Å²) in [5, 5.41) is 0. The van der Waals surface area contributed by atoms with E-state index in [2.05, 4.69) is 36.4 Å². The Morgan fingerprint density at radius 2 is 1.58 bits per heavy atom.